The highest BCUT2D eigenvalue weighted by atomic mass is 35.5. The van der Waals surface area contributed by atoms with Crippen LogP contribution in [0.4, 0.5) is 13.2 Å². The SMILES string of the molecule is O=C(O)c1ccc(-c2nn(C(=O)c3c(Cl)cccc3C(F)(F)F)c3c2CCC3)cc1. The Bertz CT molecular complexity index is 1170. The lowest BCUT2D eigenvalue weighted by molar-refractivity contribution is -0.137. The Balaban J connectivity index is 1.84. The second kappa shape index (κ2) is 7.28. The van der Waals surface area contributed by atoms with E-state index in [-0.39, 0.29) is 10.6 Å². The molecule has 2 aromatic carbocycles. The van der Waals surface area contributed by atoms with Gasteiger partial charge in [-0.15, -0.1) is 0 Å². The summed E-state index contributed by atoms with van der Waals surface area (Å²) in [4.78, 5) is 24.2. The van der Waals surface area contributed by atoms with Gasteiger partial charge in [-0.05, 0) is 43.5 Å². The van der Waals surface area contributed by atoms with E-state index >= 15 is 0 Å². The van der Waals surface area contributed by atoms with Crippen LogP contribution in [0.1, 0.15) is 44.0 Å². The van der Waals surface area contributed by atoms with Crippen molar-refractivity contribution in [2.45, 2.75) is 25.4 Å². The average molecular weight is 435 g/mol. The predicted molar refractivity (Wildman–Crippen MR) is 103 cm³/mol. The number of hydrogen-bond donors (Lipinski definition) is 1. The minimum atomic E-state index is -4.75. The summed E-state index contributed by atoms with van der Waals surface area (Å²) in [6.07, 6.45) is -2.91. The molecule has 30 heavy (non-hydrogen) atoms. The molecule has 1 aromatic heterocycles. The quantitative estimate of drug-likeness (QED) is 0.622. The molecule has 0 fully saturated rings. The number of benzene rings is 2. The fourth-order valence-electron chi connectivity index (χ4n) is 3.69. The lowest BCUT2D eigenvalue weighted by Gasteiger charge is -2.14. The number of fused-ring (bicyclic) bond motifs is 1. The molecular formula is C21H14ClF3N2O3. The Labute approximate surface area is 173 Å². The van der Waals surface area contributed by atoms with Crippen LogP contribution in [0.25, 0.3) is 11.3 Å². The Morgan fingerprint density at radius 2 is 1.77 bits per heavy atom. The molecule has 1 N–H and O–H groups in total. The summed E-state index contributed by atoms with van der Waals surface area (Å²) in [5.41, 5.74) is 0.689. The molecule has 0 saturated heterocycles. The van der Waals surface area contributed by atoms with Crippen molar-refractivity contribution < 1.29 is 27.9 Å². The van der Waals surface area contributed by atoms with Gasteiger partial charge in [0.25, 0.3) is 5.91 Å². The molecule has 1 heterocycles. The lowest BCUT2D eigenvalue weighted by atomic mass is 10.0. The molecule has 0 saturated carbocycles. The summed E-state index contributed by atoms with van der Waals surface area (Å²) >= 11 is 5.98. The molecule has 0 amide bonds. The fourth-order valence-corrected chi connectivity index (χ4v) is 3.95. The van der Waals surface area contributed by atoms with Gasteiger partial charge < -0.3 is 5.11 Å². The third-order valence-electron chi connectivity index (χ3n) is 5.06. The number of aromatic carboxylic acids is 1. The van der Waals surface area contributed by atoms with Crippen LogP contribution in [0.5, 0.6) is 0 Å². The van der Waals surface area contributed by atoms with E-state index in [0.29, 0.717) is 29.8 Å². The van der Waals surface area contributed by atoms with Crippen molar-refractivity contribution in [1.29, 1.82) is 0 Å². The van der Waals surface area contributed by atoms with Crippen LogP contribution in [0.15, 0.2) is 42.5 Å². The van der Waals surface area contributed by atoms with Crippen LogP contribution in [0, 0.1) is 0 Å². The van der Waals surface area contributed by atoms with E-state index in [1.54, 1.807) is 12.1 Å². The van der Waals surface area contributed by atoms with E-state index in [4.69, 9.17) is 16.7 Å². The largest absolute Gasteiger partial charge is 0.478 e. The Morgan fingerprint density at radius 3 is 2.40 bits per heavy atom. The molecular weight excluding hydrogens is 421 g/mol. The molecule has 0 radical (unpaired) electrons. The summed E-state index contributed by atoms with van der Waals surface area (Å²) in [6, 6.07) is 9.15. The van der Waals surface area contributed by atoms with Crippen LogP contribution in [0.2, 0.25) is 5.02 Å². The topological polar surface area (TPSA) is 72.2 Å². The number of nitrogens with zero attached hydrogens (tertiary/aromatic N) is 2. The number of rotatable bonds is 3. The zero-order valence-corrected chi connectivity index (χ0v) is 16.1. The Hall–Kier alpha value is -3.13. The maximum absolute atomic E-state index is 13.5. The van der Waals surface area contributed by atoms with Gasteiger partial charge in [0.05, 0.1) is 33.1 Å². The first-order valence-corrected chi connectivity index (χ1v) is 9.41. The van der Waals surface area contributed by atoms with Gasteiger partial charge >= 0.3 is 12.1 Å². The number of aromatic nitrogens is 2. The smallest absolute Gasteiger partial charge is 0.417 e. The van der Waals surface area contributed by atoms with Crippen molar-refractivity contribution in [3.63, 3.8) is 0 Å². The summed E-state index contributed by atoms with van der Waals surface area (Å²) in [7, 11) is 0. The van der Waals surface area contributed by atoms with E-state index in [0.717, 1.165) is 28.8 Å². The highest BCUT2D eigenvalue weighted by molar-refractivity contribution is 6.34. The second-order valence-electron chi connectivity index (χ2n) is 6.89. The molecule has 154 valence electrons. The van der Waals surface area contributed by atoms with Gasteiger partial charge in [-0.25, -0.2) is 4.79 Å². The molecule has 0 spiro atoms. The minimum Gasteiger partial charge on any atom is -0.478 e. The van der Waals surface area contributed by atoms with Gasteiger partial charge in [-0.1, -0.05) is 29.8 Å². The van der Waals surface area contributed by atoms with Gasteiger partial charge in [-0.2, -0.15) is 23.0 Å². The molecule has 0 atom stereocenters. The molecule has 5 nitrogen and oxygen atoms in total. The van der Waals surface area contributed by atoms with Crippen LogP contribution >= 0.6 is 11.6 Å². The Kier molecular flexibility index (Phi) is 4.89. The molecule has 4 rings (SSSR count). The first-order chi connectivity index (χ1) is 14.2. The first kappa shape index (κ1) is 20.2. The maximum atomic E-state index is 13.5. The number of carboxylic acids is 1. The molecule has 1 aliphatic carbocycles. The number of carbonyl (C=O) groups is 2. The van der Waals surface area contributed by atoms with Crippen LogP contribution < -0.4 is 0 Å². The number of halogens is 4. The van der Waals surface area contributed by atoms with Gasteiger partial charge in [0.15, 0.2) is 0 Å². The number of carbonyl (C=O) groups excluding carboxylic acids is 1. The summed E-state index contributed by atoms with van der Waals surface area (Å²) in [5.74, 6) is -2.02. The van der Waals surface area contributed by atoms with E-state index < -0.39 is 29.2 Å². The van der Waals surface area contributed by atoms with Crippen LogP contribution in [0.3, 0.4) is 0 Å². The molecule has 3 aromatic rings. The molecule has 9 heteroatoms. The predicted octanol–water partition coefficient (Wildman–Crippen LogP) is 5.10. The molecule has 0 unspecified atom stereocenters. The lowest BCUT2D eigenvalue weighted by Crippen LogP contribution is -2.21. The molecule has 1 aliphatic rings. The van der Waals surface area contributed by atoms with Gasteiger partial charge in [0.1, 0.15) is 0 Å². The van der Waals surface area contributed by atoms with E-state index in [9.17, 15) is 22.8 Å². The summed E-state index contributed by atoms with van der Waals surface area (Å²) in [6.45, 7) is 0. The summed E-state index contributed by atoms with van der Waals surface area (Å²) in [5, 5.41) is 13.1. The zero-order chi connectivity index (χ0) is 21.6. The maximum Gasteiger partial charge on any atom is 0.417 e. The normalized spacial score (nSPS) is 13.3. The standard InChI is InChI=1S/C21H14ClF3N2O3/c22-15-5-2-4-14(21(23,24)25)17(15)19(28)27-16-6-1-3-13(16)18(26-27)11-7-9-12(10-8-11)20(29)30/h2,4-5,7-10H,1,3,6H2,(H,29,30). The molecule has 0 bridgehead atoms. The van der Waals surface area contributed by atoms with Crippen molar-refractivity contribution >= 4 is 23.5 Å². The number of hydrogen-bond acceptors (Lipinski definition) is 3. The third kappa shape index (κ3) is 3.37. The fraction of sp³-hybridized carbons (Fsp3) is 0.190. The van der Waals surface area contributed by atoms with E-state index in [2.05, 4.69) is 5.10 Å². The van der Waals surface area contributed by atoms with Gasteiger partial charge in [-0.3, -0.25) is 4.79 Å². The van der Waals surface area contributed by atoms with Crippen molar-refractivity contribution in [1.82, 2.24) is 9.78 Å². The van der Waals surface area contributed by atoms with Crippen LogP contribution in [-0.2, 0) is 19.0 Å². The first-order valence-electron chi connectivity index (χ1n) is 9.03. The average Bonchev–Trinajstić information content (AvgIpc) is 3.29. The third-order valence-corrected chi connectivity index (χ3v) is 5.38. The summed E-state index contributed by atoms with van der Waals surface area (Å²) < 4.78 is 41.4. The highest BCUT2D eigenvalue weighted by Gasteiger charge is 2.38. The van der Waals surface area contributed by atoms with Crippen molar-refractivity contribution in [3.8, 4) is 11.3 Å². The van der Waals surface area contributed by atoms with Crippen LogP contribution in [-0.4, -0.2) is 26.8 Å². The zero-order valence-electron chi connectivity index (χ0n) is 15.3. The number of alkyl halides is 3. The minimum absolute atomic E-state index is 0.0943. The number of carboxylic acid groups (broad SMARTS) is 1. The molecule has 0 aliphatic heterocycles. The monoisotopic (exact) mass is 434 g/mol. The highest BCUT2D eigenvalue weighted by Crippen LogP contribution is 2.37. The van der Waals surface area contributed by atoms with Gasteiger partial charge in [0.2, 0.25) is 0 Å². The second-order valence-corrected chi connectivity index (χ2v) is 7.29. The van der Waals surface area contributed by atoms with E-state index in [1.807, 2.05) is 0 Å². The van der Waals surface area contributed by atoms with Crippen molar-refractivity contribution in [2.75, 3.05) is 0 Å². The van der Waals surface area contributed by atoms with E-state index in [1.165, 1.54) is 18.2 Å². The van der Waals surface area contributed by atoms with Crippen molar-refractivity contribution in [3.05, 3.63) is 75.4 Å². The Morgan fingerprint density at radius 1 is 1.07 bits per heavy atom. The van der Waals surface area contributed by atoms with Gasteiger partial charge in [0, 0.05) is 11.1 Å². The van der Waals surface area contributed by atoms with Crippen molar-refractivity contribution in [2.24, 2.45) is 0 Å².